The van der Waals surface area contributed by atoms with Crippen molar-refractivity contribution in [3.8, 4) is 0 Å². The van der Waals surface area contributed by atoms with Gasteiger partial charge in [0.2, 0.25) is 5.91 Å². The lowest BCUT2D eigenvalue weighted by atomic mass is 9.82. The van der Waals surface area contributed by atoms with Crippen LogP contribution in [0, 0.1) is 0 Å². The van der Waals surface area contributed by atoms with Crippen molar-refractivity contribution in [1.29, 1.82) is 0 Å². The molecule has 0 heterocycles. The molecule has 0 aromatic heterocycles. The summed E-state index contributed by atoms with van der Waals surface area (Å²) in [7, 11) is 3.98. The van der Waals surface area contributed by atoms with Crippen molar-refractivity contribution < 1.29 is 14.4 Å². The fourth-order valence-electron chi connectivity index (χ4n) is 3.85. The van der Waals surface area contributed by atoms with Crippen LogP contribution in [0.5, 0.6) is 0 Å². The van der Waals surface area contributed by atoms with Crippen LogP contribution in [0.2, 0.25) is 0 Å². The Hall–Kier alpha value is -3.19. The summed E-state index contributed by atoms with van der Waals surface area (Å²) in [6, 6.07) is 10.8. The molecule has 0 atom stereocenters. The number of likely N-dealkylation sites (N-methyl/N-ethyl adjacent to an activating group) is 1. The van der Waals surface area contributed by atoms with Gasteiger partial charge in [0.15, 0.2) is 11.6 Å². The second-order valence-electron chi connectivity index (χ2n) is 8.31. The Kier molecular flexibility index (Phi) is 8.00. The summed E-state index contributed by atoms with van der Waals surface area (Å²) in [5.74, 6) is -0.265. The van der Waals surface area contributed by atoms with Gasteiger partial charge in [0, 0.05) is 55.6 Å². The van der Waals surface area contributed by atoms with Gasteiger partial charge in [-0.15, -0.1) is 0 Å². The van der Waals surface area contributed by atoms with E-state index in [0.29, 0.717) is 53.3 Å². The van der Waals surface area contributed by atoms with Gasteiger partial charge >= 0.3 is 0 Å². The molecule has 7 nitrogen and oxygen atoms in total. The third kappa shape index (κ3) is 5.53. The molecule has 2 aromatic rings. The summed E-state index contributed by atoms with van der Waals surface area (Å²) in [6.07, 6.45) is 2.75. The summed E-state index contributed by atoms with van der Waals surface area (Å²) in [5, 5.41) is 9.49. The van der Waals surface area contributed by atoms with Crippen LogP contribution in [0.25, 0.3) is 0 Å². The zero-order valence-corrected chi connectivity index (χ0v) is 19.1. The highest BCUT2D eigenvalue weighted by molar-refractivity contribution is 6.31. The lowest BCUT2D eigenvalue weighted by molar-refractivity contribution is -0.118. The number of hydrogen-bond acceptors (Lipinski definition) is 6. The van der Waals surface area contributed by atoms with E-state index in [1.165, 1.54) is 6.92 Å². The van der Waals surface area contributed by atoms with E-state index in [4.69, 9.17) is 0 Å². The number of carbonyl (C=O) groups excluding carboxylic acids is 3. The minimum Gasteiger partial charge on any atom is -0.384 e. The fourth-order valence-corrected chi connectivity index (χ4v) is 3.85. The molecule has 0 aliphatic heterocycles. The first-order valence-electron chi connectivity index (χ1n) is 11.1. The standard InChI is InChI=1S/C25H32N4O3/c1-17(30)26-13-7-4-8-14-27-20-11-12-21(28-15-16-29(2)3)23-22(20)24(31)18-9-5-6-10-19(18)25(23)32/h5-6,9-12,27-28H,4,7-8,13-16H2,1-3H3,(H,26,30). The molecule has 1 amide bonds. The second kappa shape index (κ2) is 10.9. The minimum absolute atomic E-state index is 0.0162. The van der Waals surface area contributed by atoms with Gasteiger partial charge < -0.3 is 20.9 Å². The highest BCUT2D eigenvalue weighted by Crippen LogP contribution is 2.36. The van der Waals surface area contributed by atoms with Crippen LogP contribution in [0.1, 0.15) is 58.0 Å². The molecule has 0 bridgehead atoms. The Morgan fingerprint density at radius 3 is 1.84 bits per heavy atom. The van der Waals surface area contributed by atoms with Gasteiger partial charge in [0.05, 0.1) is 11.1 Å². The van der Waals surface area contributed by atoms with Crippen LogP contribution in [-0.2, 0) is 4.79 Å². The van der Waals surface area contributed by atoms with Gasteiger partial charge in [-0.05, 0) is 45.5 Å². The molecule has 0 saturated carbocycles. The number of benzene rings is 2. The normalized spacial score (nSPS) is 12.4. The fraction of sp³-hybridized carbons (Fsp3) is 0.400. The molecular weight excluding hydrogens is 404 g/mol. The van der Waals surface area contributed by atoms with Gasteiger partial charge in [-0.1, -0.05) is 24.3 Å². The number of amides is 1. The van der Waals surface area contributed by atoms with E-state index < -0.39 is 0 Å². The Balaban J connectivity index is 1.79. The summed E-state index contributed by atoms with van der Waals surface area (Å²) < 4.78 is 0. The largest absolute Gasteiger partial charge is 0.384 e. The molecule has 1 aliphatic carbocycles. The summed E-state index contributed by atoms with van der Waals surface area (Å²) in [4.78, 5) is 39.7. The van der Waals surface area contributed by atoms with Crippen LogP contribution in [0.4, 0.5) is 11.4 Å². The van der Waals surface area contributed by atoms with E-state index in [-0.39, 0.29) is 17.5 Å². The molecule has 1 aliphatic rings. The SMILES string of the molecule is CC(=O)NCCCCCNc1ccc(NCCN(C)C)c2c1C(=O)c1ccccc1C2=O. The number of unbranched alkanes of at least 4 members (excludes halogenated alkanes) is 2. The molecule has 3 N–H and O–H groups in total. The number of ketones is 2. The van der Waals surface area contributed by atoms with Gasteiger partial charge in [-0.25, -0.2) is 0 Å². The third-order valence-corrected chi connectivity index (χ3v) is 5.49. The number of nitrogens with one attached hydrogen (secondary N) is 3. The summed E-state index contributed by atoms with van der Waals surface area (Å²) in [6.45, 7) is 4.35. The second-order valence-corrected chi connectivity index (χ2v) is 8.31. The number of rotatable bonds is 11. The molecule has 0 spiro atoms. The topological polar surface area (TPSA) is 90.5 Å². The average Bonchev–Trinajstić information content (AvgIpc) is 2.76. The van der Waals surface area contributed by atoms with Gasteiger partial charge in [-0.3, -0.25) is 14.4 Å². The first kappa shape index (κ1) is 23.5. The Morgan fingerprint density at radius 2 is 1.31 bits per heavy atom. The molecule has 7 heteroatoms. The van der Waals surface area contributed by atoms with Gasteiger partial charge in [-0.2, -0.15) is 0 Å². The first-order valence-corrected chi connectivity index (χ1v) is 11.1. The smallest absolute Gasteiger partial charge is 0.216 e. The van der Waals surface area contributed by atoms with E-state index in [1.807, 2.05) is 26.2 Å². The molecule has 170 valence electrons. The maximum atomic E-state index is 13.4. The lowest BCUT2D eigenvalue weighted by Gasteiger charge is -2.24. The van der Waals surface area contributed by atoms with Crippen molar-refractivity contribution in [2.75, 3.05) is 50.9 Å². The Morgan fingerprint density at radius 1 is 0.781 bits per heavy atom. The first-order chi connectivity index (χ1) is 15.4. The van der Waals surface area contributed by atoms with Crippen molar-refractivity contribution in [2.45, 2.75) is 26.2 Å². The predicted octanol–water partition coefficient (Wildman–Crippen LogP) is 3.15. The van der Waals surface area contributed by atoms with Crippen LogP contribution in [0.3, 0.4) is 0 Å². The van der Waals surface area contributed by atoms with Crippen molar-refractivity contribution in [3.05, 3.63) is 58.7 Å². The van der Waals surface area contributed by atoms with Crippen LogP contribution >= 0.6 is 0 Å². The molecule has 32 heavy (non-hydrogen) atoms. The van der Waals surface area contributed by atoms with E-state index in [2.05, 4.69) is 20.9 Å². The number of carbonyl (C=O) groups is 3. The molecule has 0 saturated heterocycles. The van der Waals surface area contributed by atoms with Crippen molar-refractivity contribution >= 4 is 28.8 Å². The van der Waals surface area contributed by atoms with Crippen molar-refractivity contribution in [1.82, 2.24) is 10.2 Å². The van der Waals surface area contributed by atoms with Crippen LogP contribution in [-0.4, -0.2) is 62.6 Å². The average molecular weight is 437 g/mol. The molecule has 0 radical (unpaired) electrons. The van der Waals surface area contributed by atoms with Gasteiger partial charge in [0.25, 0.3) is 0 Å². The lowest BCUT2D eigenvalue weighted by Crippen LogP contribution is -2.26. The van der Waals surface area contributed by atoms with Crippen LogP contribution < -0.4 is 16.0 Å². The van der Waals surface area contributed by atoms with E-state index >= 15 is 0 Å². The summed E-state index contributed by atoms with van der Waals surface area (Å²) >= 11 is 0. The third-order valence-electron chi connectivity index (χ3n) is 5.49. The monoisotopic (exact) mass is 436 g/mol. The van der Waals surface area contributed by atoms with Crippen LogP contribution in [0.15, 0.2) is 36.4 Å². The molecule has 0 fully saturated rings. The zero-order valence-electron chi connectivity index (χ0n) is 19.1. The molecular formula is C25H32N4O3. The maximum Gasteiger partial charge on any atom is 0.216 e. The molecule has 2 aromatic carbocycles. The number of anilines is 2. The highest BCUT2D eigenvalue weighted by Gasteiger charge is 2.33. The van der Waals surface area contributed by atoms with E-state index in [1.54, 1.807) is 24.3 Å². The molecule has 0 unspecified atom stereocenters. The maximum absolute atomic E-state index is 13.4. The van der Waals surface area contributed by atoms with Crippen molar-refractivity contribution in [2.24, 2.45) is 0 Å². The number of fused-ring (bicyclic) bond motifs is 2. The zero-order chi connectivity index (χ0) is 23.1. The highest BCUT2D eigenvalue weighted by atomic mass is 16.1. The van der Waals surface area contributed by atoms with E-state index in [0.717, 1.165) is 25.8 Å². The Bertz CT molecular complexity index is 1000. The molecule has 3 rings (SSSR count). The van der Waals surface area contributed by atoms with Crippen molar-refractivity contribution in [3.63, 3.8) is 0 Å². The summed E-state index contributed by atoms with van der Waals surface area (Å²) in [5.41, 5.74) is 3.18. The van der Waals surface area contributed by atoms with Gasteiger partial charge in [0.1, 0.15) is 0 Å². The van der Waals surface area contributed by atoms with E-state index in [9.17, 15) is 14.4 Å². The number of hydrogen-bond donors (Lipinski definition) is 3. The number of nitrogens with zero attached hydrogens (tertiary/aromatic N) is 1. The predicted molar refractivity (Wildman–Crippen MR) is 128 cm³/mol. The minimum atomic E-state index is -0.125. The Labute approximate surface area is 189 Å². The quantitative estimate of drug-likeness (QED) is 0.400.